The minimum atomic E-state index is -0.698. The fourth-order valence-corrected chi connectivity index (χ4v) is 3.02. The molecule has 35 heavy (non-hydrogen) atoms. The predicted molar refractivity (Wildman–Crippen MR) is 129 cm³/mol. The van der Waals surface area contributed by atoms with E-state index in [4.69, 9.17) is 10.5 Å². The van der Waals surface area contributed by atoms with E-state index in [1.54, 1.807) is 14.0 Å². The van der Waals surface area contributed by atoms with E-state index in [9.17, 15) is 13.6 Å². The summed E-state index contributed by atoms with van der Waals surface area (Å²) >= 11 is 0. The number of nitrogens with two attached hydrogens (primary N) is 1. The number of nitrogens with zero attached hydrogens (tertiary/aromatic N) is 3. The van der Waals surface area contributed by atoms with Crippen LogP contribution in [0.4, 0.5) is 20.3 Å². The van der Waals surface area contributed by atoms with Gasteiger partial charge in [0.05, 0.1) is 12.2 Å². The van der Waals surface area contributed by atoms with Gasteiger partial charge in [0.1, 0.15) is 23.7 Å². The summed E-state index contributed by atoms with van der Waals surface area (Å²) in [5, 5.41) is 6.51. The van der Waals surface area contributed by atoms with Gasteiger partial charge in [-0.15, -0.1) is 6.54 Å². The number of carbonyl (C=O) groups is 1. The zero-order valence-electron chi connectivity index (χ0n) is 19.8. The summed E-state index contributed by atoms with van der Waals surface area (Å²) in [6, 6.07) is 7.94. The summed E-state index contributed by atoms with van der Waals surface area (Å²) in [7, 11) is 1.65. The monoisotopic (exact) mass is 652 g/mol. The summed E-state index contributed by atoms with van der Waals surface area (Å²) in [4.78, 5) is 20.6. The fraction of sp³-hybridized carbons (Fsp3) is 0.320. The Hall–Kier alpha value is -2.90. The van der Waals surface area contributed by atoms with Crippen molar-refractivity contribution in [2.45, 2.75) is 26.7 Å². The molecule has 1 aliphatic carbocycles. The standard InChI is InChI=1S/C21H20F2N5O2.C4H8.W/c1-12-15(18-19(30-8-7-25-2)20(24)27-11-26-18)9-13(22)10-17(12)28-21(29)14-5-3-4-6-16(14)23;1-4-2-3-4;/h3-6,9-11H,7-8H2,1-2H3,(H,28,29)(H2,24,26,27);4H,2-3H2,1H3;/q-1;;. The van der Waals surface area contributed by atoms with Gasteiger partial charge in [0.2, 0.25) is 0 Å². The molecule has 1 amide bonds. The molecule has 0 unspecified atom stereocenters. The number of aromatic nitrogens is 2. The van der Waals surface area contributed by atoms with Gasteiger partial charge in [-0.05, 0) is 42.7 Å². The molecule has 3 N–H and O–H groups in total. The molecular weight excluding hydrogens is 624 g/mol. The quantitative estimate of drug-likeness (QED) is 0.335. The first-order valence-corrected chi connectivity index (χ1v) is 11.0. The van der Waals surface area contributed by atoms with Crippen LogP contribution in [0.3, 0.4) is 0 Å². The van der Waals surface area contributed by atoms with E-state index in [1.165, 1.54) is 49.5 Å². The second-order valence-electron chi connectivity index (χ2n) is 8.07. The molecular formula is C25H28F2N5O2W-. The Labute approximate surface area is 218 Å². The first-order chi connectivity index (χ1) is 16.3. The molecule has 1 fully saturated rings. The molecule has 7 nitrogen and oxygen atoms in total. The van der Waals surface area contributed by atoms with E-state index in [0.717, 1.165) is 12.0 Å². The number of likely N-dealkylation sites (N-methyl/N-ethyl adjacent to an activating group) is 1. The van der Waals surface area contributed by atoms with Gasteiger partial charge in [-0.25, -0.2) is 18.7 Å². The van der Waals surface area contributed by atoms with Crippen molar-refractivity contribution in [1.29, 1.82) is 0 Å². The van der Waals surface area contributed by atoms with Gasteiger partial charge < -0.3 is 21.1 Å². The molecule has 1 aromatic heterocycles. The van der Waals surface area contributed by atoms with Gasteiger partial charge in [-0.2, -0.15) is 7.05 Å². The number of hydrogen-bond acceptors (Lipinski definition) is 5. The van der Waals surface area contributed by atoms with Crippen LogP contribution in [-0.4, -0.2) is 36.1 Å². The van der Waals surface area contributed by atoms with E-state index in [0.29, 0.717) is 17.7 Å². The summed E-state index contributed by atoms with van der Waals surface area (Å²) in [6.07, 6.45) is 4.21. The number of amides is 1. The summed E-state index contributed by atoms with van der Waals surface area (Å²) in [5.41, 5.74) is 7.08. The number of anilines is 2. The Morgan fingerprint density at radius 3 is 2.54 bits per heavy atom. The van der Waals surface area contributed by atoms with E-state index >= 15 is 0 Å². The molecule has 1 saturated carbocycles. The van der Waals surface area contributed by atoms with Gasteiger partial charge >= 0.3 is 0 Å². The Kier molecular flexibility index (Phi) is 10.7. The molecule has 1 aliphatic rings. The predicted octanol–water partition coefficient (Wildman–Crippen LogP) is 5.36. The van der Waals surface area contributed by atoms with E-state index in [1.807, 2.05) is 0 Å². The van der Waals surface area contributed by atoms with Gasteiger partial charge in [-0.1, -0.05) is 31.9 Å². The molecule has 0 bridgehead atoms. The topological polar surface area (TPSA) is 104 Å². The normalized spacial score (nSPS) is 12.1. The van der Waals surface area contributed by atoms with Crippen LogP contribution < -0.4 is 15.8 Å². The number of nitrogen functional groups attached to an aromatic ring is 1. The van der Waals surface area contributed by atoms with Crippen LogP contribution in [0.1, 0.15) is 35.7 Å². The second-order valence-corrected chi connectivity index (χ2v) is 8.07. The molecule has 0 radical (unpaired) electrons. The van der Waals surface area contributed by atoms with E-state index < -0.39 is 17.5 Å². The molecule has 186 valence electrons. The maximum atomic E-state index is 14.4. The fourth-order valence-electron chi connectivity index (χ4n) is 3.02. The van der Waals surface area contributed by atoms with E-state index in [2.05, 4.69) is 27.5 Å². The van der Waals surface area contributed by atoms with Crippen molar-refractivity contribution >= 4 is 17.4 Å². The van der Waals surface area contributed by atoms with Crippen LogP contribution in [0.25, 0.3) is 16.6 Å². The van der Waals surface area contributed by atoms with Gasteiger partial charge in [0, 0.05) is 32.3 Å². The average Bonchev–Trinajstić information content (AvgIpc) is 3.60. The maximum Gasteiger partial charge on any atom is 0.258 e. The van der Waals surface area contributed by atoms with Gasteiger partial charge in [-0.3, -0.25) is 4.79 Å². The maximum absolute atomic E-state index is 14.4. The van der Waals surface area contributed by atoms with Crippen LogP contribution in [-0.2, 0) is 21.1 Å². The SMILES string of the molecule is CC1CC1.C[N-]CCOc1c(N)ncnc1-c1cc(F)cc(NC(=O)c2ccccc2F)c1C.[W]. The molecule has 0 aliphatic heterocycles. The number of rotatable bonds is 7. The molecule has 1 heterocycles. The zero-order valence-corrected chi connectivity index (χ0v) is 22.8. The smallest absolute Gasteiger partial charge is 0.258 e. The third kappa shape index (κ3) is 7.80. The van der Waals surface area contributed by atoms with Crippen molar-refractivity contribution in [3.8, 4) is 17.0 Å². The zero-order chi connectivity index (χ0) is 24.7. The van der Waals surface area contributed by atoms with Crippen molar-refractivity contribution in [2.75, 3.05) is 31.2 Å². The Morgan fingerprint density at radius 1 is 1.23 bits per heavy atom. The largest absolute Gasteiger partial charge is 0.662 e. The van der Waals surface area contributed by atoms with Gasteiger partial charge in [0.25, 0.3) is 5.91 Å². The van der Waals surface area contributed by atoms with Crippen LogP contribution >= 0.6 is 0 Å². The van der Waals surface area contributed by atoms with Crippen molar-refractivity contribution in [3.63, 3.8) is 0 Å². The van der Waals surface area contributed by atoms with Crippen molar-refractivity contribution in [1.82, 2.24) is 9.97 Å². The average molecular weight is 652 g/mol. The molecule has 0 saturated heterocycles. The van der Waals surface area contributed by atoms with Crippen LogP contribution in [0, 0.1) is 24.5 Å². The minimum absolute atomic E-state index is 0. The number of halogens is 2. The van der Waals surface area contributed by atoms with Crippen molar-refractivity contribution in [3.05, 3.63) is 70.8 Å². The second kappa shape index (κ2) is 13.3. The molecule has 10 heteroatoms. The van der Waals surface area contributed by atoms with Crippen molar-refractivity contribution in [2.24, 2.45) is 5.92 Å². The molecule has 3 aromatic rings. The third-order valence-corrected chi connectivity index (χ3v) is 5.25. The number of nitrogens with one attached hydrogen (secondary N) is 1. The van der Waals surface area contributed by atoms with Crippen LogP contribution in [0.2, 0.25) is 0 Å². The summed E-state index contributed by atoms with van der Waals surface area (Å²) in [5.74, 6) is -0.620. The first-order valence-electron chi connectivity index (χ1n) is 11.0. The van der Waals surface area contributed by atoms with Crippen molar-refractivity contribution < 1.29 is 39.4 Å². The molecule has 4 rings (SSSR count). The summed E-state index contributed by atoms with van der Waals surface area (Å²) < 4.78 is 34.0. The van der Waals surface area contributed by atoms with Crippen LogP contribution in [0.5, 0.6) is 5.75 Å². The molecule has 0 atom stereocenters. The molecule has 0 spiro atoms. The number of hydrogen-bond donors (Lipinski definition) is 2. The number of ether oxygens (including phenoxy) is 1. The van der Waals surface area contributed by atoms with Crippen LogP contribution in [0.15, 0.2) is 42.7 Å². The summed E-state index contributed by atoms with van der Waals surface area (Å²) in [6.45, 7) is 4.63. The third-order valence-electron chi connectivity index (χ3n) is 5.25. The van der Waals surface area contributed by atoms with E-state index in [-0.39, 0.29) is 56.2 Å². The Bertz CT molecular complexity index is 1160. The first kappa shape index (κ1) is 28.3. The Balaban J connectivity index is 0.000000783. The Morgan fingerprint density at radius 2 is 1.91 bits per heavy atom. The number of carbonyl (C=O) groups excluding carboxylic acids is 1. The number of benzene rings is 2. The molecule has 2 aromatic carbocycles. The van der Waals surface area contributed by atoms with Gasteiger partial charge in [0.15, 0.2) is 11.6 Å². The minimum Gasteiger partial charge on any atom is -0.662 e.